The maximum absolute atomic E-state index is 13.8. The van der Waals surface area contributed by atoms with Gasteiger partial charge in [-0.25, -0.2) is 9.69 Å². The smallest absolute Gasteiger partial charge is 0.352 e. The van der Waals surface area contributed by atoms with Crippen molar-refractivity contribution in [3.8, 4) is 6.07 Å². The molecule has 4 aliphatic rings. The van der Waals surface area contributed by atoms with Gasteiger partial charge in [-0.2, -0.15) is 5.26 Å². The van der Waals surface area contributed by atoms with Crippen molar-refractivity contribution in [1.29, 1.82) is 5.26 Å². The van der Waals surface area contributed by atoms with E-state index in [1.54, 1.807) is 25.1 Å². The molecular formula is C30H22N2O5. The number of amides is 2. The quantitative estimate of drug-likeness (QED) is 0.191. The van der Waals surface area contributed by atoms with Gasteiger partial charge in [-0.15, -0.1) is 0 Å². The monoisotopic (exact) mass is 490 g/mol. The normalized spacial score (nSPS) is 23.5. The lowest BCUT2D eigenvalue weighted by Gasteiger charge is -2.45. The largest absolute Gasteiger partial charge is 0.506 e. The van der Waals surface area contributed by atoms with Crippen LogP contribution >= 0.6 is 0 Å². The molecule has 0 saturated carbocycles. The summed E-state index contributed by atoms with van der Waals surface area (Å²) in [5.41, 5.74) is 4.47. The Labute approximate surface area is 213 Å². The third-order valence-corrected chi connectivity index (χ3v) is 7.68. The highest BCUT2D eigenvalue weighted by molar-refractivity contribution is 6.23. The van der Waals surface area contributed by atoms with Crippen molar-refractivity contribution < 1.29 is 24.2 Å². The van der Waals surface area contributed by atoms with Crippen LogP contribution in [0.15, 0.2) is 78.4 Å². The maximum Gasteiger partial charge on any atom is 0.352 e. The summed E-state index contributed by atoms with van der Waals surface area (Å²) in [6, 6.07) is 23.8. The molecule has 1 fully saturated rings. The van der Waals surface area contributed by atoms with Crippen molar-refractivity contribution in [3.63, 3.8) is 0 Å². The van der Waals surface area contributed by atoms with E-state index in [1.807, 2.05) is 24.3 Å². The Bertz CT molecular complexity index is 1430. The van der Waals surface area contributed by atoms with Crippen LogP contribution in [0.4, 0.5) is 5.69 Å². The molecule has 0 radical (unpaired) electrons. The summed E-state index contributed by atoms with van der Waals surface area (Å²) in [4.78, 5) is 40.9. The first-order valence-corrected chi connectivity index (χ1v) is 12.1. The zero-order valence-electron chi connectivity index (χ0n) is 19.9. The second-order valence-corrected chi connectivity index (χ2v) is 9.38. The van der Waals surface area contributed by atoms with Gasteiger partial charge in [-0.3, -0.25) is 9.59 Å². The highest BCUT2D eigenvalue weighted by Crippen LogP contribution is 2.61. The Hall–Kier alpha value is -4.70. The fourth-order valence-electron chi connectivity index (χ4n) is 6.24. The Morgan fingerprint density at radius 1 is 0.865 bits per heavy atom. The van der Waals surface area contributed by atoms with E-state index >= 15 is 0 Å². The van der Waals surface area contributed by atoms with Gasteiger partial charge in [0.2, 0.25) is 11.8 Å². The van der Waals surface area contributed by atoms with Crippen molar-refractivity contribution >= 4 is 29.2 Å². The van der Waals surface area contributed by atoms with Gasteiger partial charge in [-0.1, -0.05) is 48.5 Å². The van der Waals surface area contributed by atoms with Crippen LogP contribution in [0.5, 0.6) is 0 Å². The van der Waals surface area contributed by atoms with Crippen LogP contribution < -0.4 is 4.90 Å². The number of hydrogen-bond acceptors (Lipinski definition) is 6. The molecule has 3 aliphatic carbocycles. The van der Waals surface area contributed by atoms with E-state index in [9.17, 15) is 24.8 Å². The first-order chi connectivity index (χ1) is 18.0. The number of anilines is 1. The van der Waals surface area contributed by atoms with Gasteiger partial charge in [0.1, 0.15) is 11.8 Å². The molecule has 0 unspecified atom stereocenters. The van der Waals surface area contributed by atoms with Crippen molar-refractivity contribution in [1.82, 2.24) is 0 Å². The number of benzene rings is 3. The number of aliphatic hydroxyl groups excluding tert-OH is 1. The number of nitrogens with zero attached hydrogens (tertiary/aromatic N) is 2. The topological polar surface area (TPSA) is 108 Å². The standard InChI is InChI=1S/C30H22N2O5/c1-2-37-30(36)22(15-31)27(33)16-11-13-17(14-12-16)32-28(34)25-23-18-7-3-4-8-19(18)24(26(25)29(32)35)21-10-6-5-9-20(21)23/h3-14,23-26,33H,2H2,1H3/b27-22+/t23?,24?,25-,26-/m1/s1. The van der Waals surface area contributed by atoms with Crippen LogP contribution in [-0.2, 0) is 19.1 Å². The van der Waals surface area contributed by atoms with Crippen LogP contribution in [0.25, 0.3) is 5.76 Å². The molecule has 1 saturated heterocycles. The molecule has 182 valence electrons. The van der Waals surface area contributed by atoms with Crippen LogP contribution in [0.3, 0.4) is 0 Å². The lowest BCUT2D eigenvalue weighted by atomic mass is 9.55. The Morgan fingerprint density at radius 2 is 1.32 bits per heavy atom. The summed E-state index contributed by atoms with van der Waals surface area (Å²) >= 11 is 0. The van der Waals surface area contributed by atoms with Crippen LogP contribution in [0, 0.1) is 23.2 Å². The molecule has 3 aromatic rings. The minimum absolute atomic E-state index is 0.0630. The SMILES string of the molecule is CCOC(=O)/C(C#N)=C(/O)c1ccc(N2C(=O)[C@@H]3C4c5ccccc5C(c5ccccc54)[C@H]3C2=O)cc1. The summed E-state index contributed by atoms with van der Waals surface area (Å²) in [5.74, 6) is -3.32. The zero-order chi connectivity index (χ0) is 25.8. The molecule has 37 heavy (non-hydrogen) atoms. The molecule has 0 spiro atoms. The fourth-order valence-corrected chi connectivity index (χ4v) is 6.24. The van der Waals surface area contributed by atoms with Crippen LogP contribution in [0.2, 0.25) is 0 Å². The summed E-state index contributed by atoms with van der Waals surface area (Å²) in [6.45, 7) is 1.66. The number of imide groups is 1. The van der Waals surface area contributed by atoms with E-state index in [-0.39, 0.29) is 35.8 Å². The predicted molar refractivity (Wildman–Crippen MR) is 134 cm³/mol. The van der Waals surface area contributed by atoms with Gasteiger partial charge < -0.3 is 9.84 Å². The van der Waals surface area contributed by atoms with E-state index < -0.39 is 29.1 Å². The Balaban J connectivity index is 1.39. The average molecular weight is 491 g/mol. The highest BCUT2D eigenvalue weighted by Gasteiger charge is 2.61. The van der Waals surface area contributed by atoms with E-state index in [4.69, 9.17) is 4.74 Å². The van der Waals surface area contributed by atoms with Crippen molar-refractivity contribution in [2.24, 2.45) is 11.8 Å². The van der Waals surface area contributed by atoms with Crippen molar-refractivity contribution in [2.45, 2.75) is 18.8 Å². The maximum atomic E-state index is 13.8. The predicted octanol–water partition coefficient (Wildman–Crippen LogP) is 4.44. The highest BCUT2D eigenvalue weighted by atomic mass is 16.5. The molecule has 1 N–H and O–H groups in total. The number of hydrogen-bond donors (Lipinski definition) is 1. The van der Waals surface area contributed by atoms with E-state index in [1.165, 1.54) is 17.0 Å². The summed E-state index contributed by atoms with van der Waals surface area (Å²) < 4.78 is 4.83. The zero-order valence-corrected chi connectivity index (χ0v) is 19.9. The summed E-state index contributed by atoms with van der Waals surface area (Å²) in [6.07, 6.45) is 0. The number of aliphatic hydroxyl groups is 1. The fraction of sp³-hybridized carbons (Fsp3) is 0.200. The van der Waals surface area contributed by atoms with Crippen LogP contribution in [-0.4, -0.2) is 29.5 Å². The first kappa shape index (κ1) is 22.7. The number of rotatable bonds is 4. The average Bonchev–Trinajstić information content (AvgIpc) is 3.19. The molecule has 0 aromatic heterocycles. The lowest BCUT2D eigenvalue weighted by Crippen LogP contribution is -2.41. The molecule has 2 atom stereocenters. The second-order valence-electron chi connectivity index (χ2n) is 9.38. The van der Waals surface area contributed by atoms with Gasteiger partial charge in [0.25, 0.3) is 0 Å². The molecule has 7 rings (SSSR count). The van der Waals surface area contributed by atoms with Gasteiger partial charge in [0.05, 0.1) is 24.1 Å². The molecule has 2 bridgehead atoms. The van der Waals surface area contributed by atoms with Gasteiger partial charge in [-0.05, 0) is 53.4 Å². The third-order valence-electron chi connectivity index (χ3n) is 7.68. The summed E-state index contributed by atoms with van der Waals surface area (Å²) in [7, 11) is 0. The second kappa shape index (κ2) is 8.45. The van der Waals surface area contributed by atoms with Crippen molar-refractivity contribution in [3.05, 3.63) is 106 Å². The van der Waals surface area contributed by atoms with Gasteiger partial charge in [0.15, 0.2) is 5.57 Å². The third kappa shape index (κ3) is 3.15. The molecule has 1 heterocycles. The van der Waals surface area contributed by atoms with Gasteiger partial charge in [0, 0.05) is 17.4 Å². The minimum atomic E-state index is -0.921. The van der Waals surface area contributed by atoms with E-state index in [0.29, 0.717) is 5.69 Å². The molecular weight excluding hydrogens is 468 g/mol. The van der Waals surface area contributed by atoms with Crippen LogP contribution in [0.1, 0.15) is 46.6 Å². The molecule has 1 aliphatic heterocycles. The number of carbonyl (C=O) groups excluding carboxylic acids is 3. The number of esters is 1. The Morgan fingerprint density at radius 3 is 1.73 bits per heavy atom. The first-order valence-electron chi connectivity index (χ1n) is 12.1. The van der Waals surface area contributed by atoms with E-state index in [0.717, 1.165) is 22.3 Å². The number of carbonyl (C=O) groups is 3. The summed E-state index contributed by atoms with van der Waals surface area (Å²) in [5, 5.41) is 19.8. The number of nitriles is 1. The number of ether oxygens (including phenoxy) is 1. The molecule has 7 nitrogen and oxygen atoms in total. The van der Waals surface area contributed by atoms with Gasteiger partial charge >= 0.3 is 5.97 Å². The minimum Gasteiger partial charge on any atom is -0.506 e. The molecule has 7 heteroatoms. The van der Waals surface area contributed by atoms with E-state index in [2.05, 4.69) is 24.3 Å². The molecule has 3 aromatic carbocycles. The van der Waals surface area contributed by atoms with Crippen molar-refractivity contribution in [2.75, 3.05) is 11.5 Å². The Kier molecular flexibility index (Phi) is 5.20. The molecule has 2 amide bonds. The lowest BCUT2D eigenvalue weighted by molar-refractivity contribution is -0.138.